The Bertz CT molecular complexity index is 1290. The summed E-state index contributed by atoms with van der Waals surface area (Å²) < 4.78 is 20.4. The SMILES string of the molecule is Cc1ncc(Cl)cc1-c1ccc(NC(=O)[C@@H](NC(=O)OCc2ccccc2)C(C2CC2)C2CC2)nc1F. The van der Waals surface area contributed by atoms with Gasteiger partial charge in [0.2, 0.25) is 11.9 Å². The summed E-state index contributed by atoms with van der Waals surface area (Å²) in [5.41, 5.74) is 2.22. The number of anilines is 1. The van der Waals surface area contributed by atoms with Crippen LogP contribution in [-0.4, -0.2) is 28.0 Å². The van der Waals surface area contributed by atoms with Crippen LogP contribution in [0.1, 0.15) is 36.9 Å². The molecule has 2 fully saturated rings. The van der Waals surface area contributed by atoms with Gasteiger partial charge in [0.1, 0.15) is 18.5 Å². The maximum atomic E-state index is 15.0. The van der Waals surface area contributed by atoms with Crippen LogP contribution < -0.4 is 10.6 Å². The molecule has 2 saturated carbocycles. The number of aromatic nitrogens is 2. The molecule has 5 rings (SSSR count). The van der Waals surface area contributed by atoms with Gasteiger partial charge in [0.15, 0.2) is 0 Å². The Balaban J connectivity index is 1.31. The first-order valence-corrected chi connectivity index (χ1v) is 12.8. The number of hydrogen-bond acceptors (Lipinski definition) is 5. The molecule has 0 unspecified atom stereocenters. The van der Waals surface area contributed by atoms with Gasteiger partial charge < -0.3 is 15.4 Å². The molecular formula is C28H28ClFN4O3. The van der Waals surface area contributed by atoms with Crippen LogP contribution in [0.5, 0.6) is 0 Å². The number of alkyl carbamates (subject to hydrolysis) is 1. The van der Waals surface area contributed by atoms with Crippen molar-refractivity contribution in [2.24, 2.45) is 17.8 Å². The summed E-state index contributed by atoms with van der Waals surface area (Å²) in [6.45, 7) is 1.86. The van der Waals surface area contributed by atoms with E-state index < -0.39 is 24.0 Å². The highest BCUT2D eigenvalue weighted by atomic mass is 35.5. The molecule has 2 amide bonds. The zero-order valence-corrected chi connectivity index (χ0v) is 21.2. The number of carbonyl (C=O) groups is 2. The second-order valence-electron chi connectivity index (χ2n) is 9.75. The summed E-state index contributed by atoms with van der Waals surface area (Å²) in [7, 11) is 0. The minimum absolute atomic E-state index is 0.00794. The number of amides is 2. The van der Waals surface area contributed by atoms with Crippen molar-refractivity contribution in [2.45, 2.75) is 45.3 Å². The molecular weight excluding hydrogens is 495 g/mol. The topological polar surface area (TPSA) is 93.2 Å². The first kappa shape index (κ1) is 25.1. The third-order valence-corrected chi connectivity index (χ3v) is 7.14. The summed E-state index contributed by atoms with van der Waals surface area (Å²) >= 11 is 6.04. The Kier molecular flexibility index (Phi) is 7.37. The van der Waals surface area contributed by atoms with E-state index in [-0.39, 0.29) is 23.9 Å². The average molecular weight is 523 g/mol. The van der Waals surface area contributed by atoms with Crippen molar-refractivity contribution in [2.75, 3.05) is 5.32 Å². The fourth-order valence-corrected chi connectivity index (χ4v) is 4.97. The van der Waals surface area contributed by atoms with E-state index in [1.54, 1.807) is 13.0 Å². The largest absolute Gasteiger partial charge is 0.445 e. The number of aryl methyl sites for hydroxylation is 1. The molecule has 0 aliphatic heterocycles. The highest BCUT2D eigenvalue weighted by molar-refractivity contribution is 6.30. The second kappa shape index (κ2) is 10.8. The van der Waals surface area contributed by atoms with Crippen LogP contribution in [0.3, 0.4) is 0 Å². The van der Waals surface area contributed by atoms with Crippen LogP contribution in [0.25, 0.3) is 11.1 Å². The van der Waals surface area contributed by atoms with Gasteiger partial charge in [0.05, 0.1) is 5.02 Å². The van der Waals surface area contributed by atoms with Crippen molar-refractivity contribution in [3.63, 3.8) is 0 Å². The highest BCUT2D eigenvalue weighted by Gasteiger charge is 2.48. The molecule has 9 heteroatoms. The van der Waals surface area contributed by atoms with E-state index in [2.05, 4.69) is 20.6 Å². The molecule has 3 aromatic rings. The Morgan fingerprint density at radius 1 is 1.08 bits per heavy atom. The number of benzene rings is 1. The molecule has 2 aliphatic carbocycles. The zero-order valence-electron chi connectivity index (χ0n) is 20.4. The van der Waals surface area contributed by atoms with Crippen molar-refractivity contribution in [1.82, 2.24) is 15.3 Å². The third-order valence-electron chi connectivity index (χ3n) is 6.93. The molecule has 192 valence electrons. The quantitative estimate of drug-likeness (QED) is 0.340. The monoisotopic (exact) mass is 522 g/mol. The van der Waals surface area contributed by atoms with Gasteiger partial charge in [-0.25, -0.2) is 9.78 Å². The smallest absolute Gasteiger partial charge is 0.408 e. The maximum Gasteiger partial charge on any atom is 0.408 e. The molecule has 0 radical (unpaired) electrons. The van der Waals surface area contributed by atoms with Crippen LogP contribution in [-0.2, 0) is 16.1 Å². The van der Waals surface area contributed by atoms with Crippen molar-refractivity contribution >= 4 is 29.4 Å². The summed E-state index contributed by atoms with van der Waals surface area (Å²) in [6.07, 6.45) is 4.95. The predicted molar refractivity (Wildman–Crippen MR) is 138 cm³/mol. The lowest BCUT2D eigenvalue weighted by Crippen LogP contribution is -2.50. The van der Waals surface area contributed by atoms with Gasteiger partial charge in [-0.1, -0.05) is 41.9 Å². The molecule has 0 spiro atoms. The van der Waals surface area contributed by atoms with E-state index in [9.17, 15) is 14.0 Å². The van der Waals surface area contributed by atoms with Gasteiger partial charge in [0, 0.05) is 23.0 Å². The van der Waals surface area contributed by atoms with Gasteiger partial charge in [-0.15, -0.1) is 0 Å². The van der Waals surface area contributed by atoms with Crippen LogP contribution in [0.15, 0.2) is 54.7 Å². The number of carbonyl (C=O) groups excluding carboxylic acids is 2. The standard InChI is InChI=1S/C28H28ClFN4O3/c1-16-22(13-20(29)14-31-16)21-11-12-23(32-26(21)30)33-27(35)25(24(18-7-8-18)19-9-10-19)34-28(36)37-15-17-5-3-2-4-6-17/h2-6,11-14,18-19,24-25H,7-10,15H2,1H3,(H,34,36)(H,32,33,35)/t25-/m0/s1. The molecule has 2 aliphatic rings. The normalized spacial score (nSPS) is 15.8. The van der Waals surface area contributed by atoms with Gasteiger partial charge >= 0.3 is 6.09 Å². The van der Waals surface area contributed by atoms with E-state index >= 15 is 0 Å². The number of nitrogens with zero attached hydrogens (tertiary/aromatic N) is 2. The van der Waals surface area contributed by atoms with E-state index in [1.165, 1.54) is 18.3 Å². The Morgan fingerprint density at radius 3 is 2.43 bits per heavy atom. The molecule has 0 bridgehead atoms. The first-order chi connectivity index (χ1) is 17.9. The number of pyridine rings is 2. The number of halogens is 2. The summed E-state index contributed by atoms with van der Waals surface area (Å²) in [4.78, 5) is 34.2. The fraction of sp³-hybridized carbons (Fsp3) is 0.357. The number of rotatable bonds is 9. The lowest BCUT2D eigenvalue weighted by Gasteiger charge is -2.27. The Labute approximate surface area is 219 Å². The number of nitrogens with one attached hydrogen (secondary N) is 2. The van der Waals surface area contributed by atoms with Gasteiger partial charge in [-0.3, -0.25) is 9.78 Å². The third kappa shape index (κ3) is 6.25. The van der Waals surface area contributed by atoms with E-state index in [0.29, 0.717) is 28.1 Å². The van der Waals surface area contributed by atoms with Gasteiger partial charge in [-0.05, 0) is 74.1 Å². The maximum absolute atomic E-state index is 15.0. The van der Waals surface area contributed by atoms with Gasteiger partial charge in [-0.2, -0.15) is 4.39 Å². The van der Waals surface area contributed by atoms with Crippen molar-refractivity contribution in [3.05, 3.63) is 77.0 Å². The fourth-order valence-electron chi connectivity index (χ4n) is 4.81. The number of hydrogen-bond donors (Lipinski definition) is 2. The van der Waals surface area contributed by atoms with Crippen LogP contribution >= 0.6 is 11.6 Å². The summed E-state index contributed by atoms with van der Waals surface area (Å²) in [5.74, 6) is -0.355. The minimum Gasteiger partial charge on any atom is -0.445 e. The summed E-state index contributed by atoms with van der Waals surface area (Å²) in [5, 5.41) is 5.89. The van der Waals surface area contributed by atoms with Crippen molar-refractivity contribution in [3.8, 4) is 11.1 Å². The lowest BCUT2D eigenvalue weighted by molar-refractivity contribution is -0.119. The van der Waals surface area contributed by atoms with Crippen LogP contribution in [0.4, 0.5) is 15.0 Å². The zero-order chi connectivity index (χ0) is 25.9. The molecule has 2 N–H and O–H groups in total. The first-order valence-electron chi connectivity index (χ1n) is 12.5. The molecule has 0 saturated heterocycles. The molecule has 2 aromatic heterocycles. The molecule has 2 heterocycles. The second-order valence-corrected chi connectivity index (χ2v) is 10.2. The van der Waals surface area contributed by atoms with E-state index in [1.807, 2.05) is 30.3 Å². The summed E-state index contributed by atoms with van der Waals surface area (Å²) in [6, 6.07) is 13.2. The van der Waals surface area contributed by atoms with E-state index in [0.717, 1.165) is 31.2 Å². The molecule has 7 nitrogen and oxygen atoms in total. The molecule has 37 heavy (non-hydrogen) atoms. The Hall–Kier alpha value is -3.52. The van der Waals surface area contributed by atoms with Crippen LogP contribution in [0, 0.1) is 30.6 Å². The van der Waals surface area contributed by atoms with Crippen molar-refractivity contribution in [1.29, 1.82) is 0 Å². The van der Waals surface area contributed by atoms with E-state index in [4.69, 9.17) is 16.3 Å². The molecule has 1 atom stereocenters. The predicted octanol–water partition coefficient (Wildman–Crippen LogP) is 5.91. The van der Waals surface area contributed by atoms with Crippen LogP contribution in [0.2, 0.25) is 5.02 Å². The number of ether oxygens (including phenoxy) is 1. The Morgan fingerprint density at radius 2 is 1.78 bits per heavy atom. The average Bonchev–Trinajstić information content (AvgIpc) is 3.80. The lowest BCUT2D eigenvalue weighted by atomic mass is 9.89. The van der Waals surface area contributed by atoms with Crippen molar-refractivity contribution < 1.29 is 18.7 Å². The molecule has 1 aromatic carbocycles. The highest BCUT2D eigenvalue weighted by Crippen LogP contribution is 2.50. The minimum atomic E-state index is -0.799. The van der Waals surface area contributed by atoms with Gasteiger partial charge in [0.25, 0.3) is 0 Å².